The zero-order valence-electron chi connectivity index (χ0n) is 13.2. The Hall–Kier alpha value is -2.26. The van der Waals surface area contributed by atoms with E-state index in [-0.39, 0.29) is 18.9 Å². The summed E-state index contributed by atoms with van der Waals surface area (Å²) >= 11 is 0. The zero-order chi connectivity index (χ0) is 17.7. The van der Waals surface area contributed by atoms with E-state index < -0.39 is 28.1 Å². The zero-order valence-corrected chi connectivity index (χ0v) is 14.0. The average molecular weight is 356 g/mol. The largest absolute Gasteiger partial charge is 0.461 e. The maximum absolute atomic E-state index is 13.9. The van der Waals surface area contributed by atoms with Crippen LogP contribution < -0.4 is 0 Å². The molecule has 0 fully saturated rings. The van der Waals surface area contributed by atoms with Gasteiger partial charge in [0.15, 0.2) is 5.69 Å². The third-order valence-electron chi connectivity index (χ3n) is 3.18. The molecule has 0 radical (unpaired) electrons. The Bertz CT molecular complexity index is 805. The Labute approximate surface area is 139 Å². The molecular formula is C15H17FN2O5S. The summed E-state index contributed by atoms with van der Waals surface area (Å²) in [5.41, 5.74) is 0.243. The normalized spacial score (nSPS) is 12.8. The molecule has 7 nitrogen and oxygen atoms in total. The minimum Gasteiger partial charge on any atom is -0.461 e. The Kier molecular flexibility index (Phi) is 5.68. The van der Waals surface area contributed by atoms with Crippen molar-refractivity contribution in [1.82, 2.24) is 9.55 Å². The standard InChI is InChI=1S/C15H17FN2O5S/c1-3-22-15(19)13-14(16)17-10-18(13)12(9-23-24(2,20)21)11-7-5-4-6-8-11/h4-8,10,12H,3,9H2,1-2H3. The van der Waals surface area contributed by atoms with Crippen molar-refractivity contribution >= 4 is 16.1 Å². The topological polar surface area (TPSA) is 87.5 Å². The first-order chi connectivity index (χ1) is 11.3. The molecule has 1 aromatic carbocycles. The molecule has 1 heterocycles. The molecule has 130 valence electrons. The molecule has 0 aliphatic rings. The van der Waals surface area contributed by atoms with E-state index >= 15 is 0 Å². The molecule has 9 heteroatoms. The van der Waals surface area contributed by atoms with Crippen LogP contribution in [0.25, 0.3) is 0 Å². The number of aromatic nitrogens is 2. The highest BCUT2D eigenvalue weighted by molar-refractivity contribution is 7.85. The summed E-state index contributed by atoms with van der Waals surface area (Å²) in [6, 6.07) is 7.91. The molecule has 0 saturated carbocycles. The number of imidazole rings is 1. The minimum absolute atomic E-state index is 0.0687. The summed E-state index contributed by atoms with van der Waals surface area (Å²) < 4.78 is 47.5. The summed E-state index contributed by atoms with van der Waals surface area (Å²) in [7, 11) is -3.72. The minimum atomic E-state index is -3.72. The predicted molar refractivity (Wildman–Crippen MR) is 83.5 cm³/mol. The number of carbonyl (C=O) groups excluding carboxylic acids is 1. The van der Waals surface area contributed by atoms with E-state index in [2.05, 4.69) is 4.98 Å². The SMILES string of the molecule is CCOC(=O)c1c(F)ncn1C(COS(C)(=O)=O)c1ccccc1. The van der Waals surface area contributed by atoms with E-state index in [1.807, 2.05) is 0 Å². The van der Waals surface area contributed by atoms with Crippen molar-refractivity contribution in [2.75, 3.05) is 19.5 Å². The van der Waals surface area contributed by atoms with Gasteiger partial charge in [0.2, 0.25) is 5.95 Å². The van der Waals surface area contributed by atoms with Crippen LogP contribution in [0.15, 0.2) is 36.7 Å². The van der Waals surface area contributed by atoms with Crippen molar-refractivity contribution in [3.05, 3.63) is 53.9 Å². The van der Waals surface area contributed by atoms with Gasteiger partial charge in [-0.05, 0) is 12.5 Å². The fourth-order valence-electron chi connectivity index (χ4n) is 2.16. The lowest BCUT2D eigenvalue weighted by Gasteiger charge is -2.20. The number of hydrogen-bond acceptors (Lipinski definition) is 6. The van der Waals surface area contributed by atoms with Crippen molar-refractivity contribution in [3.8, 4) is 0 Å². The van der Waals surface area contributed by atoms with Gasteiger partial charge in [0.1, 0.15) is 0 Å². The first-order valence-corrected chi connectivity index (χ1v) is 8.94. The van der Waals surface area contributed by atoms with Gasteiger partial charge in [0, 0.05) is 0 Å². The van der Waals surface area contributed by atoms with Gasteiger partial charge in [0.05, 0.1) is 31.8 Å². The number of benzene rings is 1. The second-order valence-electron chi connectivity index (χ2n) is 4.93. The first kappa shape index (κ1) is 18.1. The van der Waals surface area contributed by atoms with Crippen molar-refractivity contribution in [3.63, 3.8) is 0 Å². The first-order valence-electron chi connectivity index (χ1n) is 7.12. The summed E-state index contributed by atoms with van der Waals surface area (Å²) in [5, 5.41) is 0. The van der Waals surface area contributed by atoms with E-state index in [0.717, 1.165) is 12.6 Å². The van der Waals surface area contributed by atoms with Crippen LogP contribution in [-0.4, -0.2) is 43.4 Å². The second kappa shape index (κ2) is 7.54. The average Bonchev–Trinajstić information content (AvgIpc) is 2.89. The van der Waals surface area contributed by atoms with E-state index in [9.17, 15) is 17.6 Å². The van der Waals surface area contributed by atoms with Crippen molar-refractivity contribution in [1.29, 1.82) is 0 Å². The molecule has 1 aromatic heterocycles. The molecule has 1 unspecified atom stereocenters. The van der Waals surface area contributed by atoms with Crippen molar-refractivity contribution < 1.29 is 26.5 Å². The van der Waals surface area contributed by atoms with Crippen LogP contribution in [0.5, 0.6) is 0 Å². The number of carbonyl (C=O) groups is 1. The maximum Gasteiger partial charge on any atom is 0.359 e. The van der Waals surface area contributed by atoms with Gasteiger partial charge in [-0.1, -0.05) is 30.3 Å². The van der Waals surface area contributed by atoms with E-state index in [1.54, 1.807) is 37.3 Å². The fourth-order valence-corrected chi connectivity index (χ4v) is 2.54. The Balaban J connectivity index is 2.46. The lowest BCUT2D eigenvalue weighted by atomic mass is 10.1. The molecule has 0 spiro atoms. The monoisotopic (exact) mass is 356 g/mol. The van der Waals surface area contributed by atoms with Crippen LogP contribution in [0, 0.1) is 5.95 Å². The summed E-state index contributed by atoms with van der Waals surface area (Å²) in [6.07, 6.45) is 2.03. The maximum atomic E-state index is 13.9. The number of nitrogens with zero attached hydrogens (tertiary/aromatic N) is 2. The summed E-state index contributed by atoms with van der Waals surface area (Å²) in [6.45, 7) is 1.35. The van der Waals surface area contributed by atoms with Crippen LogP contribution in [-0.2, 0) is 19.0 Å². The Morgan fingerprint density at radius 2 is 2.00 bits per heavy atom. The molecule has 0 saturated heterocycles. The number of rotatable bonds is 7. The lowest BCUT2D eigenvalue weighted by Crippen LogP contribution is -2.23. The number of esters is 1. The smallest absolute Gasteiger partial charge is 0.359 e. The molecule has 0 aliphatic carbocycles. The molecule has 2 rings (SSSR count). The Morgan fingerprint density at radius 3 is 2.58 bits per heavy atom. The van der Waals surface area contributed by atoms with E-state index in [0.29, 0.717) is 5.56 Å². The van der Waals surface area contributed by atoms with Crippen LogP contribution in [0.3, 0.4) is 0 Å². The van der Waals surface area contributed by atoms with Crippen LogP contribution >= 0.6 is 0 Å². The molecular weight excluding hydrogens is 339 g/mol. The number of hydrogen-bond donors (Lipinski definition) is 0. The molecule has 2 aromatic rings. The van der Waals surface area contributed by atoms with Crippen LogP contribution in [0.1, 0.15) is 29.0 Å². The van der Waals surface area contributed by atoms with Gasteiger partial charge in [0.25, 0.3) is 10.1 Å². The van der Waals surface area contributed by atoms with Gasteiger partial charge in [-0.2, -0.15) is 12.8 Å². The molecule has 0 amide bonds. The third-order valence-corrected chi connectivity index (χ3v) is 3.74. The predicted octanol–water partition coefficient (Wildman–Crippen LogP) is 1.76. The van der Waals surface area contributed by atoms with Crippen LogP contribution in [0.4, 0.5) is 4.39 Å². The molecule has 0 bridgehead atoms. The second-order valence-corrected chi connectivity index (χ2v) is 6.57. The molecule has 24 heavy (non-hydrogen) atoms. The number of halogens is 1. The Morgan fingerprint density at radius 1 is 1.33 bits per heavy atom. The third kappa shape index (κ3) is 4.39. The van der Waals surface area contributed by atoms with Crippen LogP contribution in [0.2, 0.25) is 0 Å². The van der Waals surface area contributed by atoms with E-state index in [4.69, 9.17) is 8.92 Å². The highest BCUT2D eigenvalue weighted by Crippen LogP contribution is 2.23. The highest BCUT2D eigenvalue weighted by atomic mass is 32.2. The molecule has 0 N–H and O–H groups in total. The highest BCUT2D eigenvalue weighted by Gasteiger charge is 2.27. The fraction of sp³-hybridized carbons (Fsp3) is 0.333. The quantitative estimate of drug-likeness (QED) is 0.555. The van der Waals surface area contributed by atoms with Gasteiger partial charge in [-0.3, -0.25) is 4.18 Å². The van der Waals surface area contributed by atoms with Crippen molar-refractivity contribution in [2.24, 2.45) is 0 Å². The van der Waals surface area contributed by atoms with Gasteiger partial charge < -0.3 is 9.30 Å². The van der Waals surface area contributed by atoms with Gasteiger partial charge >= 0.3 is 5.97 Å². The van der Waals surface area contributed by atoms with Crippen molar-refractivity contribution in [2.45, 2.75) is 13.0 Å². The number of ether oxygens (including phenoxy) is 1. The summed E-state index contributed by atoms with van der Waals surface area (Å²) in [5.74, 6) is -1.87. The summed E-state index contributed by atoms with van der Waals surface area (Å²) in [4.78, 5) is 15.5. The molecule has 1 atom stereocenters. The molecule has 0 aliphatic heterocycles. The van der Waals surface area contributed by atoms with Gasteiger partial charge in [-0.15, -0.1) is 0 Å². The van der Waals surface area contributed by atoms with E-state index in [1.165, 1.54) is 4.57 Å². The lowest BCUT2D eigenvalue weighted by molar-refractivity contribution is 0.0505. The van der Waals surface area contributed by atoms with Gasteiger partial charge in [-0.25, -0.2) is 9.78 Å².